The van der Waals surface area contributed by atoms with E-state index in [-0.39, 0.29) is 137 Å². The number of benzene rings is 6. The van der Waals surface area contributed by atoms with Crippen molar-refractivity contribution in [3.63, 3.8) is 0 Å². The zero-order chi connectivity index (χ0) is 68.6. The van der Waals surface area contributed by atoms with Crippen LogP contribution in [0.1, 0.15) is 0 Å². The van der Waals surface area contributed by atoms with Crippen LogP contribution >= 0.6 is 0 Å². The maximum atomic E-state index is 13.2. The van der Waals surface area contributed by atoms with Crippen molar-refractivity contribution in [2.75, 3.05) is 58.1 Å². The van der Waals surface area contributed by atoms with Crippen molar-refractivity contribution in [1.29, 1.82) is 0 Å². The molecule has 6 aromatic carbocycles. The fourth-order valence-corrected chi connectivity index (χ4v) is 13.5. The number of sulfonamides is 4. The molecule has 0 spiro atoms. The van der Waals surface area contributed by atoms with E-state index in [1.807, 2.05) is 18.9 Å². The van der Waals surface area contributed by atoms with Gasteiger partial charge in [0.15, 0.2) is 0 Å². The van der Waals surface area contributed by atoms with Crippen molar-refractivity contribution in [2.24, 2.45) is 22.9 Å². The van der Waals surface area contributed by atoms with Crippen LogP contribution < -0.4 is 133 Å². The average molecular weight is 1460 g/mol. The predicted molar refractivity (Wildman–Crippen MR) is 330 cm³/mol. The molecule has 494 valence electrons. The van der Waals surface area contributed by atoms with E-state index < -0.39 is 143 Å². The Morgan fingerprint density at radius 2 is 0.510 bits per heavy atom. The van der Waals surface area contributed by atoms with Crippen LogP contribution in [0.4, 0.5) is 69.8 Å². The first-order valence-corrected chi connectivity index (χ1v) is 34.6. The number of carbonyl (C=O) groups is 4. The van der Waals surface area contributed by atoms with Crippen molar-refractivity contribution in [3.8, 4) is 11.1 Å². The summed E-state index contributed by atoms with van der Waals surface area (Å²) in [6.07, 6.45) is 0. The second-order valence-corrected chi connectivity index (χ2v) is 28.7. The number of nitrogens with two attached hydrogens (primary N) is 4. The summed E-state index contributed by atoms with van der Waals surface area (Å²) in [5.41, 5.74) is 18.6. The van der Waals surface area contributed by atoms with E-state index in [1.54, 1.807) is 0 Å². The van der Waals surface area contributed by atoms with Crippen molar-refractivity contribution < 1.29 is 138 Å². The molecule has 46 heteroatoms. The fraction of sp³-hybridized carbons (Fsp3) is 0.0800. The molecular formula is C50H48N20Na2O18S6. The van der Waals surface area contributed by atoms with Gasteiger partial charge in [0.25, 0.3) is 0 Å². The maximum Gasteiger partial charge on any atom is 1.00 e. The van der Waals surface area contributed by atoms with Gasteiger partial charge in [-0.05, 0) is 97.1 Å². The Labute approximate surface area is 590 Å². The molecule has 0 saturated carbocycles. The molecule has 2 aromatic heterocycles. The van der Waals surface area contributed by atoms with Gasteiger partial charge in [-0.1, -0.05) is 36.4 Å². The number of carbonyl (C=O) groups excluding carboxylic acids is 4. The minimum Gasteiger partial charge on any atom is -0.744 e. The Morgan fingerprint density at radius 1 is 0.312 bits per heavy atom. The number of aromatic nitrogens is 6. The molecule has 0 aliphatic heterocycles. The first-order chi connectivity index (χ1) is 44.0. The van der Waals surface area contributed by atoms with Crippen LogP contribution in [0, 0.1) is 0 Å². The summed E-state index contributed by atoms with van der Waals surface area (Å²) in [5, 5.41) is 16.4. The van der Waals surface area contributed by atoms with Crippen LogP contribution in [0.5, 0.6) is 0 Å². The summed E-state index contributed by atoms with van der Waals surface area (Å²) in [6, 6.07) is 25.4. The molecule has 8 rings (SSSR count). The molecular weight excluding hydrogens is 1410 g/mol. The Hall–Kier alpha value is -8.52. The number of hydrogen-bond donors (Lipinski definition) is 14. The predicted octanol–water partition coefficient (Wildman–Crippen LogP) is -6.94. The quantitative estimate of drug-likeness (QED) is 0.0142. The number of anilines is 12. The molecule has 0 aliphatic carbocycles. The number of nitrogens with one attached hydrogen (secondary N) is 10. The minimum absolute atomic E-state index is 0. The number of hydrogen-bond acceptors (Lipinski definition) is 30. The number of primary amides is 4. The summed E-state index contributed by atoms with van der Waals surface area (Å²) in [4.78, 5) is 67.3. The topological polar surface area (TPSA) is 621 Å². The Bertz CT molecular complexity index is 4530. The standard InChI is InChI=1S/C50H50N20O18S6.2Na/c51-41(71)23-55-89(75,76)33-9-1-5-27(17-33)59-45-65-46(60-28-6-2-10-34(18-28)90(77,78)56-24-42(52)72)68-49(67-45)63-31-13-15-37(39(21-31)93(83,84)85)38-16-14-32(22-40(38)94(86,87)88)64-50-69-47(61-29-7-3-11-35(19-29)91(79,80)57-25-43(53)73)66-48(70-50)62-30-8-4-12-36(20-30)92(81,82)58-26-44(54)74;;/h1-22,55-58H,23-26H2,(H2,51,71)(H2,52,72)(H2,53,73)(H2,54,74)(H,83,84,85)(H,86,87,88)(H3,59,60,63,65,67,68)(H3,61,62,64,66,69,70);;/q;2*+1/p-2. The molecule has 0 bridgehead atoms. The number of rotatable bonds is 31. The molecule has 0 saturated heterocycles. The SMILES string of the molecule is NC(=O)CNS(=O)(=O)c1cccc(Nc2nc(Nc3cccc(S(=O)(=O)NCC(N)=O)c3)nc(Nc3ccc(-c4ccc(Nc5nc(Nc6cccc(S(=O)(=O)NCC(N)=O)c6)nc(Nc6cccc(S(=O)(=O)NCC(N)=O)c6)n5)cc4S(=O)(=O)[O-])c(S(=O)(=O)[O-])c3)n2)c1.[Na+].[Na+]. The van der Waals surface area contributed by atoms with E-state index in [4.69, 9.17) is 22.9 Å². The summed E-state index contributed by atoms with van der Waals surface area (Å²) < 4.78 is 191. The third kappa shape index (κ3) is 21.2. The Kier molecular flexibility index (Phi) is 25.2. The van der Waals surface area contributed by atoms with Crippen LogP contribution in [-0.2, 0) is 79.5 Å². The van der Waals surface area contributed by atoms with Gasteiger partial charge in [0.2, 0.25) is 99.4 Å². The Morgan fingerprint density at radius 3 is 0.698 bits per heavy atom. The largest absolute Gasteiger partial charge is 1.00 e. The number of nitrogens with zero attached hydrogens (tertiary/aromatic N) is 6. The van der Waals surface area contributed by atoms with Crippen LogP contribution in [-0.4, -0.2) is 139 Å². The van der Waals surface area contributed by atoms with Gasteiger partial charge in [-0.15, -0.1) is 0 Å². The van der Waals surface area contributed by atoms with Crippen molar-refractivity contribution in [3.05, 3.63) is 133 Å². The second-order valence-electron chi connectivity index (χ2n) is 19.0. The molecule has 0 unspecified atom stereocenters. The normalized spacial score (nSPS) is 11.8. The van der Waals surface area contributed by atoms with Gasteiger partial charge in [-0.25, -0.2) is 69.4 Å². The fourth-order valence-electron chi connectivity index (χ4n) is 7.88. The molecule has 38 nitrogen and oxygen atoms in total. The van der Waals surface area contributed by atoms with Gasteiger partial charge in [0.05, 0.1) is 55.6 Å². The van der Waals surface area contributed by atoms with E-state index >= 15 is 0 Å². The summed E-state index contributed by atoms with van der Waals surface area (Å²) in [6.45, 7) is -2.97. The van der Waals surface area contributed by atoms with Gasteiger partial charge < -0.3 is 63.9 Å². The molecule has 4 amide bonds. The van der Waals surface area contributed by atoms with Crippen molar-refractivity contribution >= 4 is 154 Å². The third-order valence-corrected chi connectivity index (χ3v) is 19.3. The first kappa shape index (κ1) is 76.5. The van der Waals surface area contributed by atoms with E-state index in [2.05, 4.69) is 61.8 Å². The monoisotopic (exact) mass is 1450 g/mol. The zero-order valence-electron chi connectivity index (χ0n) is 49.3. The molecule has 8 aromatic rings. The summed E-state index contributed by atoms with van der Waals surface area (Å²) in [7, 11) is -28.6. The smallest absolute Gasteiger partial charge is 0.744 e. The van der Waals surface area contributed by atoms with Gasteiger partial charge in [0.1, 0.15) is 20.2 Å². The van der Waals surface area contributed by atoms with E-state index in [9.17, 15) is 78.8 Å². The van der Waals surface area contributed by atoms with Crippen LogP contribution in [0.3, 0.4) is 0 Å². The van der Waals surface area contributed by atoms with Crippen LogP contribution in [0.25, 0.3) is 11.1 Å². The minimum atomic E-state index is -5.65. The van der Waals surface area contributed by atoms with E-state index in [0.29, 0.717) is 0 Å². The molecule has 0 fully saturated rings. The molecule has 96 heavy (non-hydrogen) atoms. The molecule has 0 radical (unpaired) electrons. The van der Waals surface area contributed by atoms with Gasteiger partial charge >= 0.3 is 59.1 Å². The third-order valence-electron chi connectivity index (χ3n) is 11.9. The first-order valence-electron chi connectivity index (χ1n) is 25.9. The molecule has 0 atom stereocenters. The van der Waals surface area contributed by atoms with Crippen molar-refractivity contribution in [1.82, 2.24) is 48.8 Å². The zero-order valence-corrected chi connectivity index (χ0v) is 58.2. The summed E-state index contributed by atoms with van der Waals surface area (Å²) in [5.74, 6) is -6.43. The summed E-state index contributed by atoms with van der Waals surface area (Å²) >= 11 is 0. The second kappa shape index (κ2) is 31.6. The average Bonchev–Trinajstić information content (AvgIpc) is 0.770. The number of amides is 4. The van der Waals surface area contributed by atoms with Crippen LogP contribution in [0.2, 0.25) is 0 Å². The van der Waals surface area contributed by atoms with Crippen LogP contribution in [0.15, 0.2) is 163 Å². The van der Waals surface area contributed by atoms with Gasteiger partial charge in [-0.3, -0.25) is 19.2 Å². The van der Waals surface area contributed by atoms with E-state index in [0.717, 1.165) is 60.7 Å². The van der Waals surface area contributed by atoms with E-state index in [1.165, 1.54) is 72.8 Å². The molecule has 18 N–H and O–H groups in total. The Balaban J connectivity index is 0.00000729. The molecule has 2 heterocycles. The van der Waals surface area contributed by atoms with Crippen molar-refractivity contribution in [2.45, 2.75) is 29.4 Å². The van der Waals surface area contributed by atoms with Gasteiger partial charge in [0, 0.05) is 45.3 Å². The van der Waals surface area contributed by atoms with Gasteiger partial charge in [-0.2, -0.15) is 29.9 Å². The maximum absolute atomic E-state index is 13.2. The molecule has 0 aliphatic rings.